The molecule has 0 radical (unpaired) electrons. The number of rotatable bonds is 39. The standard InChI is InChI=1S/C43H86N4O2.ClH/c1-4-7-10-13-14-15-16-17-18-19-20-21-22-23-24-25-26-27-30-35-41(48)39-40(34-33-36-46-43(44)45)42(49)47(37-31-28-11-8-5-2)38-32-29-12-9-6-3;/h40H,4-39H2,1-3H3,(H4,44,45,46);1H/t40-;/m1./s1. The number of carbonyl (C=O) groups is 2. The lowest BCUT2D eigenvalue weighted by Gasteiger charge is -2.28. The molecule has 0 aromatic heterocycles. The summed E-state index contributed by atoms with van der Waals surface area (Å²) in [6.45, 7) is 8.89. The van der Waals surface area contributed by atoms with E-state index in [-0.39, 0.29) is 36.0 Å². The highest BCUT2D eigenvalue weighted by molar-refractivity contribution is 5.87. The van der Waals surface area contributed by atoms with Crippen LogP contribution >= 0.6 is 12.4 Å². The summed E-state index contributed by atoms with van der Waals surface area (Å²) >= 11 is 0. The molecule has 0 aliphatic carbocycles. The molecule has 0 rings (SSSR count). The molecule has 0 saturated carbocycles. The third kappa shape index (κ3) is 35.1. The molecule has 0 unspecified atom stereocenters. The average Bonchev–Trinajstić information content (AvgIpc) is 3.09. The van der Waals surface area contributed by atoms with Crippen molar-refractivity contribution in [2.75, 3.05) is 19.6 Å². The fourth-order valence-corrected chi connectivity index (χ4v) is 7.04. The molecule has 4 N–H and O–H groups in total. The number of unbranched alkanes of at least 4 members (excludes halogenated alkanes) is 26. The second-order valence-corrected chi connectivity index (χ2v) is 15.2. The summed E-state index contributed by atoms with van der Waals surface area (Å²) in [6, 6.07) is 0. The predicted octanol–water partition coefficient (Wildman–Crippen LogP) is 12.6. The van der Waals surface area contributed by atoms with Crippen molar-refractivity contribution in [3.63, 3.8) is 0 Å². The molecule has 298 valence electrons. The van der Waals surface area contributed by atoms with Gasteiger partial charge >= 0.3 is 0 Å². The molecule has 1 amide bonds. The molecule has 0 saturated heterocycles. The Morgan fingerprint density at radius 1 is 0.500 bits per heavy atom. The second kappa shape index (κ2) is 40.5. The van der Waals surface area contributed by atoms with Gasteiger partial charge in [0.25, 0.3) is 0 Å². The molecule has 0 aliphatic heterocycles. The Labute approximate surface area is 318 Å². The number of ketones is 1. The number of halogens is 1. The van der Waals surface area contributed by atoms with Gasteiger partial charge in [-0.3, -0.25) is 14.6 Å². The minimum Gasteiger partial charge on any atom is -0.370 e. The smallest absolute Gasteiger partial charge is 0.226 e. The van der Waals surface area contributed by atoms with Gasteiger partial charge in [-0.25, -0.2) is 0 Å². The van der Waals surface area contributed by atoms with Crippen molar-refractivity contribution < 1.29 is 9.59 Å². The van der Waals surface area contributed by atoms with Crippen LogP contribution < -0.4 is 11.5 Å². The van der Waals surface area contributed by atoms with Crippen LogP contribution in [0.25, 0.3) is 0 Å². The van der Waals surface area contributed by atoms with Crippen molar-refractivity contribution in [2.24, 2.45) is 22.4 Å². The molecule has 0 aliphatic rings. The second-order valence-electron chi connectivity index (χ2n) is 15.2. The molecular formula is C43H87ClN4O2. The van der Waals surface area contributed by atoms with E-state index in [1.165, 1.54) is 161 Å². The lowest BCUT2D eigenvalue weighted by atomic mass is 9.93. The maximum Gasteiger partial charge on any atom is 0.226 e. The minimum absolute atomic E-state index is 0. The van der Waals surface area contributed by atoms with Crippen LogP contribution in [0.15, 0.2) is 4.99 Å². The Balaban J connectivity index is 0. The summed E-state index contributed by atoms with van der Waals surface area (Å²) < 4.78 is 0. The van der Waals surface area contributed by atoms with E-state index in [1.807, 2.05) is 0 Å². The number of guanidine groups is 1. The van der Waals surface area contributed by atoms with E-state index in [1.54, 1.807) is 0 Å². The van der Waals surface area contributed by atoms with Crippen molar-refractivity contribution in [2.45, 2.75) is 233 Å². The van der Waals surface area contributed by atoms with E-state index >= 15 is 0 Å². The van der Waals surface area contributed by atoms with Gasteiger partial charge in [-0.05, 0) is 32.1 Å². The van der Waals surface area contributed by atoms with Crippen molar-refractivity contribution >= 4 is 30.1 Å². The first-order chi connectivity index (χ1) is 24.0. The lowest BCUT2D eigenvalue weighted by Crippen LogP contribution is -2.38. The fourth-order valence-electron chi connectivity index (χ4n) is 7.04. The third-order valence-electron chi connectivity index (χ3n) is 10.3. The van der Waals surface area contributed by atoms with Crippen LogP contribution in [0.3, 0.4) is 0 Å². The molecular weight excluding hydrogens is 640 g/mol. The van der Waals surface area contributed by atoms with Crippen LogP contribution in [0, 0.1) is 5.92 Å². The number of nitrogens with two attached hydrogens (primary N) is 2. The molecule has 6 nitrogen and oxygen atoms in total. The zero-order chi connectivity index (χ0) is 36.0. The van der Waals surface area contributed by atoms with E-state index < -0.39 is 0 Å². The van der Waals surface area contributed by atoms with Gasteiger partial charge in [0.2, 0.25) is 5.91 Å². The molecule has 0 fully saturated rings. The van der Waals surface area contributed by atoms with E-state index in [9.17, 15) is 9.59 Å². The Hall–Kier alpha value is -1.30. The maximum atomic E-state index is 13.9. The maximum absolute atomic E-state index is 13.9. The number of carbonyl (C=O) groups excluding carboxylic acids is 2. The van der Waals surface area contributed by atoms with Crippen LogP contribution in [-0.2, 0) is 9.59 Å². The first-order valence-electron chi connectivity index (χ1n) is 21.8. The van der Waals surface area contributed by atoms with E-state index in [2.05, 4.69) is 30.7 Å². The van der Waals surface area contributed by atoms with E-state index in [0.717, 1.165) is 45.2 Å². The zero-order valence-electron chi connectivity index (χ0n) is 33.8. The van der Waals surface area contributed by atoms with E-state index in [0.29, 0.717) is 25.8 Å². The predicted molar refractivity (Wildman–Crippen MR) is 222 cm³/mol. The summed E-state index contributed by atoms with van der Waals surface area (Å²) in [7, 11) is 0. The normalized spacial score (nSPS) is 11.7. The molecule has 0 aromatic carbocycles. The first kappa shape index (κ1) is 50.8. The highest BCUT2D eigenvalue weighted by atomic mass is 35.5. The zero-order valence-corrected chi connectivity index (χ0v) is 34.6. The van der Waals surface area contributed by atoms with Crippen molar-refractivity contribution in [3.05, 3.63) is 0 Å². The van der Waals surface area contributed by atoms with Gasteiger partial charge in [0, 0.05) is 38.4 Å². The molecule has 1 atom stereocenters. The average molecular weight is 728 g/mol. The quantitative estimate of drug-likeness (QED) is 0.0374. The number of amides is 1. The molecule has 50 heavy (non-hydrogen) atoms. The Bertz CT molecular complexity index is 745. The number of hydrogen-bond acceptors (Lipinski definition) is 3. The number of aliphatic imine (C=N–C) groups is 1. The van der Waals surface area contributed by atoms with Gasteiger partial charge in [-0.15, -0.1) is 12.4 Å². The minimum atomic E-state index is -0.256. The van der Waals surface area contributed by atoms with Crippen LogP contribution in [0.1, 0.15) is 233 Å². The highest BCUT2D eigenvalue weighted by Crippen LogP contribution is 2.21. The number of hydrogen-bond donors (Lipinski definition) is 2. The third-order valence-corrected chi connectivity index (χ3v) is 10.3. The summed E-state index contributed by atoms with van der Waals surface area (Å²) in [6.07, 6.45) is 39.9. The molecule has 0 aromatic rings. The summed E-state index contributed by atoms with van der Waals surface area (Å²) in [4.78, 5) is 33.2. The fraction of sp³-hybridized carbons (Fsp3) is 0.930. The van der Waals surface area contributed by atoms with Crippen LogP contribution in [0.5, 0.6) is 0 Å². The number of Topliss-reactive ketones (excluding diaryl/α,β-unsaturated/α-hetero) is 1. The van der Waals surface area contributed by atoms with E-state index in [4.69, 9.17) is 11.5 Å². The molecule has 0 spiro atoms. The van der Waals surface area contributed by atoms with Crippen LogP contribution in [0.2, 0.25) is 0 Å². The molecule has 0 bridgehead atoms. The van der Waals surface area contributed by atoms with Gasteiger partial charge in [0.1, 0.15) is 5.78 Å². The summed E-state index contributed by atoms with van der Waals surface area (Å²) in [5.41, 5.74) is 11.1. The Morgan fingerprint density at radius 2 is 0.840 bits per heavy atom. The Kier molecular flexibility index (Phi) is 41.1. The monoisotopic (exact) mass is 727 g/mol. The van der Waals surface area contributed by atoms with Gasteiger partial charge in [-0.1, -0.05) is 188 Å². The largest absolute Gasteiger partial charge is 0.370 e. The Morgan fingerprint density at radius 3 is 1.20 bits per heavy atom. The van der Waals surface area contributed by atoms with Crippen molar-refractivity contribution in [1.82, 2.24) is 4.90 Å². The van der Waals surface area contributed by atoms with Crippen LogP contribution in [-0.4, -0.2) is 42.2 Å². The highest BCUT2D eigenvalue weighted by Gasteiger charge is 2.26. The molecule has 7 heteroatoms. The van der Waals surface area contributed by atoms with Gasteiger partial charge < -0.3 is 16.4 Å². The van der Waals surface area contributed by atoms with Crippen LogP contribution in [0.4, 0.5) is 0 Å². The number of nitrogens with zero attached hydrogens (tertiary/aromatic N) is 2. The van der Waals surface area contributed by atoms with Gasteiger partial charge in [0.15, 0.2) is 5.96 Å². The van der Waals surface area contributed by atoms with Crippen molar-refractivity contribution in [1.29, 1.82) is 0 Å². The lowest BCUT2D eigenvalue weighted by molar-refractivity contribution is -0.138. The summed E-state index contributed by atoms with van der Waals surface area (Å²) in [5.74, 6) is 0.257. The van der Waals surface area contributed by atoms with Crippen molar-refractivity contribution in [3.8, 4) is 0 Å². The summed E-state index contributed by atoms with van der Waals surface area (Å²) in [5, 5.41) is 0. The SMILES string of the molecule is CCCCCCCCCCCCCCCCCCCCCC(=O)C[C@@H](CCCN=C(N)N)C(=O)N(CCCCCCC)CCCCCCC.Cl. The topological polar surface area (TPSA) is 102 Å². The van der Waals surface area contributed by atoms with Gasteiger partial charge in [0.05, 0.1) is 0 Å². The van der Waals surface area contributed by atoms with Gasteiger partial charge in [-0.2, -0.15) is 0 Å². The first-order valence-corrected chi connectivity index (χ1v) is 21.8. The molecule has 0 heterocycles.